The molecule has 0 saturated heterocycles. The Morgan fingerprint density at radius 1 is 1.12 bits per heavy atom. The molecule has 0 aromatic carbocycles. The first-order chi connectivity index (χ1) is 7.78. The second kappa shape index (κ2) is 5.81. The van der Waals surface area contributed by atoms with Gasteiger partial charge in [0.25, 0.3) is 0 Å². The Hall–Kier alpha value is -0.370. The Morgan fingerprint density at radius 3 is 2.38 bits per heavy atom. The van der Waals surface area contributed by atoms with E-state index in [1.165, 1.54) is 25.7 Å². The van der Waals surface area contributed by atoms with Crippen LogP contribution in [0.2, 0.25) is 0 Å². The van der Waals surface area contributed by atoms with Crippen LogP contribution in [0.1, 0.15) is 58.3 Å². The number of ketones is 1. The van der Waals surface area contributed by atoms with Gasteiger partial charge in [0.05, 0.1) is 6.10 Å². The Morgan fingerprint density at radius 2 is 1.75 bits per heavy atom. The van der Waals surface area contributed by atoms with Gasteiger partial charge in [0, 0.05) is 19.4 Å². The molecule has 0 atom stereocenters. The first-order valence-corrected chi connectivity index (χ1v) is 6.91. The van der Waals surface area contributed by atoms with E-state index in [4.69, 9.17) is 4.74 Å². The molecule has 0 aromatic heterocycles. The second-order valence-electron chi connectivity index (χ2n) is 5.51. The predicted molar refractivity (Wildman–Crippen MR) is 64.3 cm³/mol. The van der Waals surface area contributed by atoms with Gasteiger partial charge in [-0.25, -0.2) is 0 Å². The fourth-order valence-corrected chi connectivity index (χ4v) is 3.15. The van der Waals surface area contributed by atoms with Crippen LogP contribution >= 0.6 is 0 Å². The number of Topliss-reactive ketones (excluding diaryl/α,β-unsaturated/α-hetero) is 1. The van der Waals surface area contributed by atoms with Crippen LogP contribution in [0.4, 0.5) is 0 Å². The number of hydrogen-bond donors (Lipinski definition) is 0. The molecule has 0 radical (unpaired) electrons. The Bertz CT molecular complexity index is 225. The third-order valence-electron chi connectivity index (χ3n) is 4.10. The van der Waals surface area contributed by atoms with Crippen LogP contribution in [0.15, 0.2) is 0 Å². The first kappa shape index (κ1) is 12.1. The lowest BCUT2D eigenvalue weighted by molar-refractivity contribution is -0.123. The largest absolute Gasteiger partial charge is 0.378 e. The van der Waals surface area contributed by atoms with Gasteiger partial charge in [-0.3, -0.25) is 4.79 Å². The van der Waals surface area contributed by atoms with Crippen LogP contribution in [-0.4, -0.2) is 18.5 Å². The fraction of sp³-hybridized carbons (Fsp3) is 0.929. The summed E-state index contributed by atoms with van der Waals surface area (Å²) < 4.78 is 5.51. The van der Waals surface area contributed by atoms with Gasteiger partial charge in [0.1, 0.15) is 5.78 Å². The normalized spacial score (nSPS) is 30.3. The maximum atomic E-state index is 11.8. The fourth-order valence-electron chi connectivity index (χ4n) is 3.15. The number of hydrogen-bond acceptors (Lipinski definition) is 2. The summed E-state index contributed by atoms with van der Waals surface area (Å²) in [4.78, 5) is 11.8. The smallest absolute Gasteiger partial charge is 0.133 e. The highest BCUT2D eigenvalue weighted by molar-refractivity contribution is 5.79. The summed E-state index contributed by atoms with van der Waals surface area (Å²) in [5, 5.41) is 0. The van der Waals surface area contributed by atoms with Gasteiger partial charge in [0.2, 0.25) is 0 Å². The van der Waals surface area contributed by atoms with Crippen molar-refractivity contribution in [2.24, 2.45) is 11.8 Å². The van der Waals surface area contributed by atoms with Crippen molar-refractivity contribution < 1.29 is 9.53 Å². The molecule has 2 heteroatoms. The molecule has 0 spiro atoms. The number of ether oxygens (including phenoxy) is 1. The SMILES string of the molecule is CCOC1CC(CC(=O)CC2CCCC2)C1. The number of carbonyl (C=O) groups excluding carboxylic acids is 1. The van der Waals surface area contributed by atoms with E-state index in [9.17, 15) is 4.79 Å². The van der Waals surface area contributed by atoms with Crippen molar-refractivity contribution in [2.45, 2.75) is 64.4 Å². The van der Waals surface area contributed by atoms with Crippen molar-refractivity contribution in [1.29, 1.82) is 0 Å². The molecule has 2 rings (SSSR count). The molecule has 2 aliphatic carbocycles. The van der Waals surface area contributed by atoms with Crippen molar-refractivity contribution in [1.82, 2.24) is 0 Å². The van der Waals surface area contributed by atoms with E-state index >= 15 is 0 Å². The lowest BCUT2D eigenvalue weighted by atomic mass is 9.78. The summed E-state index contributed by atoms with van der Waals surface area (Å²) in [5.41, 5.74) is 0. The van der Waals surface area contributed by atoms with Gasteiger partial charge in [-0.1, -0.05) is 25.7 Å². The van der Waals surface area contributed by atoms with Gasteiger partial charge < -0.3 is 4.74 Å². The Kier molecular flexibility index (Phi) is 4.39. The third-order valence-corrected chi connectivity index (χ3v) is 4.10. The Labute approximate surface area is 98.7 Å². The number of rotatable bonds is 6. The Balaban J connectivity index is 1.58. The maximum Gasteiger partial charge on any atom is 0.133 e. The van der Waals surface area contributed by atoms with Crippen LogP contribution < -0.4 is 0 Å². The highest BCUT2D eigenvalue weighted by Gasteiger charge is 2.31. The lowest BCUT2D eigenvalue weighted by Gasteiger charge is -2.34. The van der Waals surface area contributed by atoms with Crippen molar-refractivity contribution in [3.05, 3.63) is 0 Å². The lowest BCUT2D eigenvalue weighted by Crippen LogP contribution is -2.32. The van der Waals surface area contributed by atoms with Crippen LogP contribution in [0, 0.1) is 11.8 Å². The van der Waals surface area contributed by atoms with Gasteiger partial charge in [-0.05, 0) is 31.6 Å². The minimum absolute atomic E-state index is 0.453. The molecule has 92 valence electrons. The van der Waals surface area contributed by atoms with Crippen LogP contribution in [-0.2, 0) is 9.53 Å². The van der Waals surface area contributed by atoms with Crippen molar-refractivity contribution in [2.75, 3.05) is 6.61 Å². The maximum absolute atomic E-state index is 11.8. The van der Waals surface area contributed by atoms with E-state index in [1.807, 2.05) is 6.92 Å². The van der Waals surface area contributed by atoms with E-state index in [0.29, 0.717) is 17.8 Å². The monoisotopic (exact) mass is 224 g/mol. The zero-order valence-electron chi connectivity index (χ0n) is 10.4. The van der Waals surface area contributed by atoms with Crippen molar-refractivity contribution in [3.63, 3.8) is 0 Å². The van der Waals surface area contributed by atoms with Crippen LogP contribution in [0.25, 0.3) is 0 Å². The van der Waals surface area contributed by atoms with E-state index in [1.54, 1.807) is 0 Å². The molecular weight excluding hydrogens is 200 g/mol. The zero-order chi connectivity index (χ0) is 11.4. The summed E-state index contributed by atoms with van der Waals surface area (Å²) in [7, 11) is 0. The summed E-state index contributed by atoms with van der Waals surface area (Å²) in [6.45, 7) is 2.85. The molecular formula is C14H24O2. The third kappa shape index (κ3) is 3.31. The highest BCUT2D eigenvalue weighted by Crippen LogP contribution is 2.34. The predicted octanol–water partition coefficient (Wildman–Crippen LogP) is 3.34. The highest BCUT2D eigenvalue weighted by atomic mass is 16.5. The molecule has 0 aliphatic heterocycles. The van der Waals surface area contributed by atoms with E-state index in [-0.39, 0.29) is 0 Å². The summed E-state index contributed by atoms with van der Waals surface area (Å²) in [5.74, 6) is 1.85. The van der Waals surface area contributed by atoms with Crippen molar-refractivity contribution >= 4 is 5.78 Å². The van der Waals surface area contributed by atoms with Gasteiger partial charge in [-0.15, -0.1) is 0 Å². The van der Waals surface area contributed by atoms with E-state index in [2.05, 4.69) is 0 Å². The van der Waals surface area contributed by atoms with Crippen molar-refractivity contribution in [3.8, 4) is 0 Å². The molecule has 0 unspecified atom stereocenters. The molecule has 16 heavy (non-hydrogen) atoms. The average Bonchev–Trinajstić information content (AvgIpc) is 2.67. The van der Waals surface area contributed by atoms with Gasteiger partial charge in [-0.2, -0.15) is 0 Å². The zero-order valence-corrected chi connectivity index (χ0v) is 10.4. The second-order valence-corrected chi connectivity index (χ2v) is 5.51. The quantitative estimate of drug-likeness (QED) is 0.691. The molecule has 0 bridgehead atoms. The molecule has 0 amide bonds. The topological polar surface area (TPSA) is 26.3 Å². The summed E-state index contributed by atoms with van der Waals surface area (Å²) in [6, 6.07) is 0. The van der Waals surface area contributed by atoms with Crippen LogP contribution in [0.5, 0.6) is 0 Å². The van der Waals surface area contributed by atoms with Gasteiger partial charge >= 0.3 is 0 Å². The molecule has 2 saturated carbocycles. The van der Waals surface area contributed by atoms with Crippen LogP contribution in [0.3, 0.4) is 0 Å². The molecule has 0 heterocycles. The van der Waals surface area contributed by atoms with E-state index in [0.717, 1.165) is 38.2 Å². The molecule has 2 fully saturated rings. The summed E-state index contributed by atoms with van der Waals surface area (Å²) in [6.07, 6.45) is 9.62. The average molecular weight is 224 g/mol. The standard InChI is InChI=1S/C14H24O2/c1-2-16-14-9-12(10-14)8-13(15)7-11-5-3-4-6-11/h11-12,14H,2-10H2,1H3. The minimum Gasteiger partial charge on any atom is -0.378 e. The minimum atomic E-state index is 0.453. The van der Waals surface area contributed by atoms with E-state index < -0.39 is 0 Å². The number of carbonyl (C=O) groups is 1. The first-order valence-electron chi connectivity index (χ1n) is 6.91. The summed E-state index contributed by atoms with van der Waals surface area (Å²) >= 11 is 0. The molecule has 0 aromatic rings. The van der Waals surface area contributed by atoms with Gasteiger partial charge in [0.15, 0.2) is 0 Å². The molecule has 2 nitrogen and oxygen atoms in total. The molecule has 2 aliphatic rings. The molecule has 0 N–H and O–H groups in total.